The van der Waals surface area contributed by atoms with Gasteiger partial charge in [-0.15, -0.1) is 0 Å². The number of anilines is 1. The predicted molar refractivity (Wildman–Crippen MR) is 81.4 cm³/mol. The minimum Gasteiger partial charge on any atom is -0.312 e. The second-order valence-corrected chi connectivity index (χ2v) is 5.75. The van der Waals surface area contributed by atoms with Crippen molar-refractivity contribution in [2.24, 2.45) is 0 Å². The summed E-state index contributed by atoms with van der Waals surface area (Å²) in [5, 5.41) is 7.21. The molecule has 0 spiro atoms. The van der Waals surface area contributed by atoms with Crippen LogP contribution in [0.15, 0.2) is 18.5 Å². The molecule has 1 atom stereocenters. The summed E-state index contributed by atoms with van der Waals surface area (Å²) >= 11 is 0. The minimum absolute atomic E-state index is 0.169. The molecule has 1 aliphatic heterocycles. The lowest BCUT2D eigenvalue weighted by atomic mass is 9.95. The number of aryl methyl sites for hydroxylation is 2. The fourth-order valence-corrected chi connectivity index (χ4v) is 3.25. The highest BCUT2D eigenvalue weighted by Crippen LogP contribution is 2.30. The van der Waals surface area contributed by atoms with E-state index in [9.17, 15) is 4.79 Å². The van der Waals surface area contributed by atoms with E-state index in [-0.39, 0.29) is 11.8 Å². The van der Waals surface area contributed by atoms with E-state index in [4.69, 9.17) is 0 Å². The van der Waals surface area contributed by atoms with Crippen molar-refractivity contribution in [2.75, 3.05) is 11.4 Å². The molecule has 2 aromatic heterocycles. The third-order valence-corrected chi connectivity index (χ3v) is 4.23. The van der Waals surface area contributed by atoms with Crippen LogP contribution in [0.2, 0.25) is 0 Å². The van der Waals surface area contributed by atoms with Gasteiger partial charge in [-0.05, 0) is 43.4 Å². The van der Waals surface area contributed by atoms with Gasteiger partial charge in [0.05, 0.1) is 5.69 Å². The molecule has 0 fully saturated rings. The van der Waals surface area contributed by atoms with Crippen molar-refractivity contribution in [3.05, 3.63) is 41.0 Å². The molecule has 0 saturated heterocycles. The zero-order valence-corrected chi connectivity index (χ0v) is 12.7. The van der Waals surface area contributed by atoms with Crippen LogP contribution < -0.4 is 4.90 Å². The molecule has 0 bridgehead atoms. The number of hydrogen-bond donors (Lipinski definition) is 1. The van der Waals surface area contributed by atoms with Gasteiger partial charge in [0.15, 0.2) is 0 Å². The quantitative estimate of drug-likeness (QED) is 0.942. The molecule has 21 heavy (non-hydrogen) atoms. The van der Waals surface area contributed by atoms with Crippen LogP contribution in [0.3, 0.4) is 0 Å². The van der Waals surface area contributed by atoms with Gasteiger partial charge in [-0.3, -0.25) is 14.9 Å². The number of H-pyrrole nitrogens is 1. The van der Waals surface area contributed by atoms with Gasteiger partial charge >= 0.3 is 0 Å². The Morgan fingerprint density at radius 3 is 3.00 bits per heavy atom. The van der Waals surface area contributed by atoms with Gasteiger partial charge < -0.3 is 4.90 Å². The Bertz CT molecular complexity index is 657. The first-order chi connectivity index (χ1) is 10.1. The van der Waals surface area contributed by atoms with Gasteiger partial charge in [0.1, 0.15) is 0 Å². The summed E-state index contributed by atoms with van der Waals surface area (Å²) in [6.07, 6.45) is 5.00. The second-order valence-electron chi connectivity index (χ2n) is 5.75. The zero-order chi connectivity index (χ0) is 15.0. The molecule has 3 heterocycles. The molecule has 0 aromatic carbocycles. The maximum Gasteiger partial charge on any atom is 0.227 e. The van der Waals surface area contributed by atoms with E-state index in [1.807, 2.05) is 31.0 Å². The number of aromatic nitrogens is 3. The average molecular weight is 284 g/mol. The van der Waals surface area contributed by atoms with Crippen molar-refractivity contribution in [1.29, 1.82) is 0 Å². The lowest BCUT2D eigenvalue weighted by Gasteiger charge is -2.20. The molecule has 5 heteroatoms. The summed E-state index contributed by atoms with van der Waals surface area (Å²) < 4.78 is 0. The Hall–Kier alpha value is -2.17. The van der Waals surface area contributed by atoms with Gasteiger partial charge in [-0.2, -0.15) is 5.10 Å². The monoisotopic (exact) mass is 284 g/mol. The number of aromatic amines is 1. The maximum atomic E-state index is 12.6. The topological polar surface area (TPSA) is 61.9 Å². The number of pyridine rings is 1. The number of amides is 1. The predicted octanol–water partition coefficient (Wildman–Crippen LogP) is 2.50. The molecule has 5 nitrogen and oxygen atoms in total. The van der Waals surface area contributed by atoms with Gasteiger partial charge in [-0.25, -0.2) is 0 Å². The third-order valence-electron chi connectivity index (χ3n) is 4.23. The molecule has 0 aliphatic carbocycles. The summed E-state index contributed by atoms with van der Waals surface area (Å²) in [6, 6.07) is 1.93. The van der Waals surface area contributed by atoms with Crippen LogP contribution in [0.1, 0.15) is 41.8 Å². The highest BCUT2D eigenvalue weighted by atomic mass is 16.2. The summed E-state index contributed by atoms with van der Waals surface area (Å²) in [4.78, 5) is 18.6. The Morgan fingerprint density at radius 1 is 1.48 bits per heavy atom. The average Bonchev–Trinajstić information content (AvgIpc) is 3.02. The Morgan fingerprint density at radius 2 is 2.29 bits per heavy atom. The number of nitrogens with zero attached hydrogens (tertiary/aromatic N) is 3. The summed E-state index contributed by atoms with van der Waals surface area (Å²) in [5.41, 5.74) is 5.38. The normalized spacial score (nSPS) is 15.1. The smallest absolute Gasteiger partial charge is 0.227 e. The molecular weight excluding hydrogens is 264 g/mol. The molecule has 3 rings (SSSR count). The lowest BCUT2D eigenvalue weighted by molar-refractivity contribution is -0.118. The summed E-state index contributed by atoms with van der Waals surface area (Å²) in [7, 11) is 0. The largest absolute Gasteiger partial charge is 0.312 e. The number of fused-ring (bicyclic) bond motifs is 1. The van der Waals surface area contributed by atoms with Gasteiger partial charge in [0, 0.05) is 36.7 Å². The fraction of sp³-hybridized carbons (Fsp3) is 0.438. The number of rotatable bonds is 3. The van der Waals surface area contributed by atoms with E-state index < -0.39 is 0 Å². The molecular formula is C16H20N4O. The van der Waals surface area contributed by atoms with E-state index in [2.05, 4.69) is 22.1 Å². The molecule has 0 saturated carbocycles. The van der Waals surface area contributed by atoms with Crippen LogP contribution in [0.25, 0.3) is 0 Å². The number of carbonyl (C=O) groups is 1. The molecule has 110 valence electrons. The number of hydrogen-bond acceptors (Lipinski definition) is 3. The molecule has 1 amide bonds. The minimum atomic E-state index is 0.169. The maximum absolute atomic E-state index is 12.6. The Balaban J connectivity index is 1.76. The van der Waals surface area contributed by atoms with Crippen molar-refractivity contribution in [3.63, 3.8) is 0 Å². The SMILES string of the molecule is Cc1n[nH]c(C)c1C(C)CC(=O)N1CCc2cnccc21. The van der Waals surface area contributed by atoms with Crippen molar-refractivity contribution in [3.8, 4) is 0 Å². The number of carbonyl (C=O) groups excluding carboxylic acids is 1. The zero-order valence-electron chi connectivity index (χ0n) is 12.7. The molecule has 2 aromatic rings. The van der Waals surface area contributed by atoms with Gasteiger partial charge in [0.2, 0.25) is 5.91 Å². The highest BCUT2D eigenvalue weighted by molar-refractivity contribution is 5.95. The summed E-state index contributed by atoms with van der Waals surface area (Å²) in [6.45, 7) is 6.84. The van der Waals surface area contributed by atoms with Crippen molar-refractivity contribution >= 4 is 11.6 Å². The van der Waals surface area contributed by atoms with Crippen LogP contribution in [-0.2, 0) is 11.2 Å². The van der Waals surface area contributed by atoms with E-state index in [1.165, 1.54) is 0 Å². The van der Waals surface area contributed by atoms with Crippen LogP contribution >= 0.6 is 0 Å². The first-order valence-corrected chi connectivity index (χ1v) is 7.32. The van der Waals surface area contributed by atoms with Crippen LogP contribution in [0, 0.1) is 13.8 Å². The fourth-order valence-electron chi connectivity index (χ4n) is 3.25. The standard InChI is InChI=1S/C16H20N4O/c1-10(16-11(2)18-19-12(16)3)8-15(21)20-7-5-13-9-17-6-4-14(13)20/h4,6,9-10H,5,7-8H2,1-3H3,(H,18,19). The molecule has 1 unspecified atom stereocenters. The van der Waals surface area contributed by atoms with Crippen molar-refractivity contribution in [2.45, 2.75) is 39.5 Å². The molecule has 1 N–H and O–H groups in total. The summed E-state index contributed by atoms with van der Waals surface area (Å²) in [5.74, 6) is 0.342. The van der Waals surface area contributed by atoms with E-state index >= 15 is 0 Å². The van der Waals surface area contributed by atoms with Gasteiger partial charge in [0.25, 0.3) is 0 Å². The number of nitrogens with one attached hydrogen (secondary N) is 1. The van der Waals surface area contributed by atoms with Crippen LogP contribution in [0.4, 0.5) is 5.69 Å². The van der Waals surface area contributed by atoms with Crippen LogP contribution in [0.5, 0.6) is 0 Å². The van der Waals surface area contributed by atoms with Crippen molar-refractivity contribution in [1.82, 2.24) is 15.2 Å². The van der Waals surface area contributed by atoms with E-state index in [0.29, 0.717) is 6.42 Å². The first-order valence-electron chi connectivity index (χ1n) is 7.32. The Labute approximate surface area is 124 Å². The van der Waals surface area contributed by atoms with E-state index in [0.717, 1.165) is 41.2 Å². The molecule has 1 aliphatic rings. The molecule has 0 radical (unpaired) electrons. The van der Waals surface area contributed by atoms with E-state index in [1.54, 1.807) is 6.20 Å². The first kappa shape index (κ1) is 13.8. The lowest BCUT2D eigenvalue weighted by Crippen LogP contribution is -2.29. The third kappa shape index (κ3) is 2.44. The van der Waals surface area contributed by atoms with Crippen LogP contribution in [-0.4, -0.2) is 27.6 Å². The highest BCUT2D eigenvalue weighted by Gasteiger charge is 2.27. The Kier molecular flexibility index (Phi) is 3.49. The van der Waals surface area contributed by atoms with Crippen molar-refractivity contribution < 1.29 is 4.79 Å². The van der Waals surface area contributed by atoms with Gasteiger partial charge in [-0.1, -0.05) is 6.92 Å². The second kappa shape index (κ2) is 5.31.